The molecule has 0 radical (unpaired) electrons. The molecule has 0 spiro atoms. The van der Waals surface area contributed by atoms with E-state index in [-0.39, 0.29) is 19.2 Å². The highest BCUT2D eigenvalue weighted by molar-refractivity contribution is 5.90. The van der Waals surface area contributed by atoms with E-state index in [1.165, 1.54) is 13.2 Å². The van der Waals surface area contributed by atoms with Crippen molar-refractivity contribution in [1.82, 2.24) is 0 Å². The second kappa shape index (κ2) is 14.0. The third-order valence-corrected chi connectivity index (χ3v) is 4.31. The lowest BCUT2D eigenvalue weighted by Crippen LogP contribution is -2.07. The number of ether oxygens (including phenoxy) is 6. The van der Waals surface area contributed by atoms with Gasteiger partial charge in [0.1, 0.15) is 5.75 Å². The Kier molecular flexibility index (Phi) is 10.9. The van der Waals surface area contributed by atoms with E-state index >= 15 is 0 Å². The van der Waals surface area contributed by atoms with Crippen LogP contribution in [-0.4, -0.2) is 58.5 Å². The molecule has 174 valence electrons. The quantitative estimate of drug-likeness (QED) is 0.191. The molecule has 0 aliphatic carbocycles. The van der Waals surface area contributed by atoms with Gasteiger partial charge >= 0.3 is 5.97 Å². The van der Waals surface area contributed by atoms with Gasteiger partial charge in [-0.1, -0.05) is 18.2 Å². The summed E-state index contributed by atoms with van der Waals surface area (Å²) in [5.41, 5.74) is 1.74. The van der Waals surface area contributed by atoms with Crippen LogP contribution >= 0.6 is 0 Å². The first-order valence-electron chi connectivity index (χ1n) is 10.2. The maximum Gasteiger partial charge on any atom is 0.371 e. The predicted molar refractivity (Wildman–Crippen MR) is 119 cm³/mol. The Morgan fingerprint density at radius 3 is 2.41 bits per heavy atom. The molecular weight excluding hydrogens is 416 g/mol. The number of carbonyl (C=O) groups is 1. The van der Waals surface area contributed by atoms with E-state index in [0.717, 1.165) is 11.3 Å². The Morgan fingerprint density at radius 1 is 0.969 bits per heavy atom. The van der Waals surface area contributed by atoms with Crippen molar-refractivity contribution in [3.05, 3.63) is 59.4 Å². The minimum atomic E-state index is -1.12. The molecule has 0 atom stereocenters. The number of aliphatic carboxylic acids is 1. The van der Waals surface area contributed by atoms with Crippen molar-refractivity contribution >= 4 is 12.0 Å². The third kappa shape index (κ3) is 8.49. The zero-order chi connectivity index (χ0) is 23.2. The van der Waals surface area contributed by atoms with Gasteiger partial charge in [0.2, 0.25) is 5.76 Å². The molecule has 2 aromatic carbocycles. The zero-order valence-corrected chi connectivity index (χ0v) is 18.7. The van der Waals surface area contributed by atoms with Gasteiger partial charge in [-0.3, -0.25) is 0 Å². The van der Waals surface area contributed by atoms with E-state index in [1.54, 1.807) is 32.2 Å². The highest BCUT2D eigenvalue weighted by atomic mass is 16.7. The molecule has 8 nitrogen and oxygen atoms in total. The van der Waals surface area contributed by atoms with Gasteiger partial charge in [0.05, 0.1) is 33.5 Å². The van der Waals surface area contributed by atoms with Crippen LogP contribution in [0.3, 0.4) is 0 Å². The number of hydrogen-bond donors (Lipinski definition) is 1. The normalized spacial score (nSPS) is 11.2. The summed E-state index contributed by atoms with van der Waals surface area (Å²) < 4.78 is 32.1. The largest absolute Gasteiger partial charge is 0.493 e. The SMILES string of the molecule is CCOC(=Cc1ccc(OCCc2ccc(OCOCCOC)cc2)c(OC)c1)C(=O)O. The molecule has 0 aliphatic heterocycles. The van der Waals surface area contributed by atoms with Crippen molar-refractivity contribution in [2.24, 2.45) is 0 Å². The van der Waals surface area contributed by atoms with Crippen molar-refractivity contribution in [2.75, 3.05) is 47.4 Å². The van der Waals surface area contributed by atoms with Gasteiger partial charge in [-0.15, -0.1) is 0 Å². The van der Waals surface area contributed by atoms with Gasteiger partial charge < -0.3 is 33.5 Å². The molecule has 0 fully saturated rings. The third-order valence-electron chi connectivity index (χ3n) is 4.31. The molecule has 8 heteroatoms. The summed E-state index contributed by atoms with van der Waals surface area (Å²) in [6.07, 6.45) is 2.15. The average molecular weight is 446 g/mol. The van der Waals surface area contributed by atoms with E-state index in [1.807, 2.05) is 24.3 Å². The van der Waals surface area contributed by atoms with Crippen molar-refractivity contribution in [1.29, 1.82) is 0 Å². The van der Waals surface area contributed by atoms with Crippen molar-refractivity contribution < 1.29 is 38.3 Å². The fraction of sp³-hybridized carbons (Fsp3) is 0.375. The average Bonchev–Trinajstić information content (AvgIpc) is 2.80. The smallest absolute Gasteiger partial charge is 0.371 e. The summed E-state index contributed by atoms with van der Waals surface area (Å²) in [5.74, 6) is 0.562. The van der Waals surface area contributed by atoms with Crippen LogP contribution in [0.5, 0.6) is 17.2 Å². The van der Waals surface area contributed by atoms with E-state index < -0.39 is 5.97 Å². The molecule has 0 aliphatic rings. The van der Waals surface area contributed by atoms with E-state index in [9.17, 15) is 9.90 Å². The molecule has 0 heterocycles. The maximum absolute atomic E-state index is 11.2. The summed E-state index contributed by atoms with van der Waals surface area (Å²) in [7, 11) is 3.16. The predicted octanol–water partition coefficient (Wildman–Crippen LogP) is 3.78. The van der Waals surface area contributed by atoms with Crippen molar-refractivity contribution in [3.8, 4) is 17.2 Å². The number of benzene rings is 2. The molecule has 1 N–H and O–H groups in total. The van der Waals surface area contributed by atoms with Gasteiger partial charge in [0.15, 0.2) is 18.3 Å². The van der Waals surface area contributed by atoms with Crippen molar-refractivity contribution in [3.63, 3.8) is 0 Å². The van der Waals surface area contributed by atoms with Crippen LogP contribution in [0.2, 0.25) is 0 Å². The van der Waals surface area contributed by atoms with Crippen LogP contribution in [0, 0.1) is 0 Å². The minimum Gasteiger partial charge on any atom is -0.493 e. The first-order valence-corrected chi connectivity index (χ1v) is 10.2. The standard InChI is InChI=1S/C24H30O8/c1-4-30-23(24(25)26)16-19-7-10-21(22(15-19)28-3)31-12-11-18-5-8-20(9-6-18)32-17-29-14-13-27-2/h5-10,15-16H,4,11-14,17H2,1-3H3,(H,25,26). The topological polar surface area (TPSA) is 92.7 Å². The molecule has 0 aromatic heterocycles. The Hall–Kier alpha value is -3.23. The van der Waals surface area contributed by atoms with Crippen LogP contribution in [-0.2, 0) is 25.4 Å². The van der Waals surface area contributed by atoms with E-state index in [2.05, 4.69) is 0 Å². The highest BCUT2D eigenvalue weighted by Crippen LogP contribution is 2.29. The van der Waals surface area contributed by atoms with Crippen LogP contribution in [0.4, 0.5) is 0 Å². The molecular formula is C24H30O8. The van der Waals surface area contributed by atoms with Crippen LogP contribution in [0.1, 0.15) is 18.1 Å². The second-order valence-corrected chi connectivity index (χ2v) is 6.56. The lowest BCUT2D eigenvalue weighted by molar-refractivity contribution is -0.136. The maximum atomic E-state index is 11.2. The molecule has 0 bridgehead atoms. The van der Waals surface area contributed by atoms with Gasteiger partial charge in [0.25, 0.3) is 0 Å². The Balaban J connectivity index is 1.88. The summed E-state index contributed by atoms with van der Waals surface area (Å²) in [6, 6.07) is 12.9. The van der Waals surface area contributed by atoms with Crippen molar-refractivity contribution in [2.45, 2.75) is 13.3 Å². The molecule has 2 rings (SSSR count). The van der Waals surface area contributed by atoms with Gasteiger partial charge in [-0.25, -0.2) is 4.79 Å². The summed E-state index contributed by atoms with van der Waals surface area (Å²) >= 11 is 0. The number of carboxylic acids is 1. The Labute approximate surface area is 188 Å². The minimum absolute atomic E-state index is 0.128. The Morgan fingerprint density at radius 2 is 1.75 bits per heavy atom. The fourth-order valence-electron chi connectivity index (χ4n) is 2.71. The summed E-state index contributed by atoms with van der Waals surface area (Å²) in [5, 5.41) is 9.19. The van der Waals surface area contributed by atoms with Crippen LogP contribution in [0.15, 0.2) is 48.2 Å². The van der Waals surface area contributed by atoms with E-state index in [0.29, 0.717) is 43.3 Å². The molecule has 0 saturated heterocycles. The summed E-state index contributed by atoms with van der Waals surface area (Å²) in [4.78, 5) is 11.2. The lowest BCUT2D eigenvalue weighted by Gasteiger charge is -2.12. The Bertz CT molecular complexity index is 861. The molecule has 0 saturated carbocycles. The first-order chi connectivity index (χ1) is 15.6. The monoisotopic (exact) mass is 446 g/mol. The molecule has 32 heavy (non-hydrogen) atoms. The van der Waals surface area contributed by atoms with Crippen LogP contribution in [0.25, 0.3) is 6.08 Å². The zero-order valence-electron chi connectivity index (χ0n) is 18.7. The van der Waals surface area contributed by atoms with Gasteiger partial charge in [0, 0.05) is 13.5 Å². The molecule has 2 aromatic rings. The second-order valence-electron chi connectivity index (χ2n) is 6.56. The van der Waals surface area contributed by atoms with E-state index in [4.69, 9.17) is 28.4 Å². The molecule has 0 amide bonds. The summed E-state index contributed by atoms with van der Waals surface area (Å²) in [6.45, 7) is 3.64. The highest BCUT2D eigenvalue weighted by Gasteiger charge is 2.10. The fourth-order valence-corrected chi connectivity index (χ4v) is 2.71. The van der Waals surface area contributed by atoms with Crippen LogP contribution < -0.4 is 14.2 Å². The molecule has 0 unspecified atom stereocenters. The first kappa shape index (κ1) is 25.0. The number of methoxy groups -OCH3 is 2. The lowest BCUT2D eigenvalue weighted by atomic mass is 10.1. The van der Waals surface area contributed by atoms with Gasteiger partial charge in [-0.05, 0) is 48.4 Å². The number of rotatable bonds is 15. The van der Waals surface area contributed by atoms with Gasteiger partial charge in [-0.2, -0.15) is 0 Å². The number of hydrogen-bond acceptors (Lipinski definition) is 7. The number of carboxylic acid groups (broad SMARTS) is 1.